The lowest BCUT2D eigenvalue weighted by atomic mass is 10.2. The normalized spacial score (nSPS) is 20.3. The van der Waals surface area contributed by atoms with Crippen LogP contribution >= 0.6 is 11.6 Å². The summed E-state index contributed by atoms with van der Waals surface area (Å²) in [6.45, 7) is 0.632. The molecule has 1 aliphatic heterocycles. The zero-order valence-electron chi connectivity index (χ0n) is 9.62. The summed E-state index contributed by atoms with van der Waals surface area (Å²) in [5, 5.41) is 4.02. The van der Waals surface area contributed by atoms with Crippen LogP contribution in [0.1, 0.15) is 30.3 Å². The van der Waals surface area contributed by atoms with Crippen LogP contribution in [0.5, 0.6) is 0 Å². The van der Waals surface area contributed by atoms with Gasteiger partial charge in [0.15, 0.2) is 5.65 Å². The van der Waals surface area contributed by atoms with Crippen molar-refractivity contribution in [3.05, 3.63) is 28.7 Å². The molecule has 3 rings (SSSR count). The van der Waals surface area contributed by atoms with Gasteiger partial charge in [0, 0.05) is 18.7 Å². The number of hydrogen-bond acceptors (Lipinski definition) is 3. The van der Waals surface area contributed by atoms with Crippen LogP contribution in [0.15, 0.2) is 12.1 Å². The van der Waals surface area contributed by atoms with Gasteiger partial charge in [-0.1, -0.05) is 11.6 Å². The van der Waals surface area contributed by atoms with E-state index in [1.807, 2.05) is 0 Å². The van der Waals surface area contributed by atoms with Gasteiger partial charge in [-0.3, -0.25) is 0 Å². The highest BCUT2D eigenvalue weighted by atomic mass is 35.5. The lowest BCUT2D eigenvalue weighted by Crippen LogP contribution is -2.09. The molecule has 2 aromatic heterocycles. The Morgan fingerprint density at radius 3 is 2.79 bits per heavy atom. The van der Waals surface area contributed by atoms with E-state index in [4.69, 9.17) is 16.3 Å². The van der Waals surface area contributed by atoms with Gasteiger partial charge in [0.2, 0.25) is 0 Å². The van der Waals surface area contributed by atoms with Crippen molar-refractivity contribution in [3.8, 4) is 0 Å². The number of hydrogen-bond donors (Lipinski definition) is 0. The molecule has 0 aromatic carbocycles. The van der Waals surface area contributed by atoms with Gasteiger partial charge in [-0.2, -0.15) is 18.3 Å². The lowest BCUT2D eigenvalue weighted by molar-refractivity contribution is -0.141. The molecule has 2 aromatic rings. The predicted molar refractivity (Wildman–Crippen MR) is 60.9 cm³/mol. The van der Waals surface area contributed by atoms with Gasteiger partial charge in [0.25, 0.3) is 0 Å². The number of aromatic nitrogens is 3. The first-order valence-corrected chi connectivity index (χ1v) is 6.08. The molecular weight excluding hydrogens is 283 g/mol. The molecule has 102 valence electrons. The molecule has 19 heavy (non-hydrogen) atoms. The zero-order chi connectivity index (χ0) is 13.6. The van der Waals surface area contributed by atoms with E-state index in [0.717, 1.165) is 18.9 Å². The fourth-order valence-electron chi connectivity index (χ4n) is 2.07. The minimum atomic E-state index is -4.53. The maximum atomic E-state index is 12.6. The van der Waals surface area contributed by atoms with Crippen molar-refractivity contribution in [2.24, 2.45) is 0 Å². The highest BCUT2D eigenvalue weighted by molar-refractivity contribution is 6.29. The van der Waals surface area contributed by atoms with Gasteiger partial charge in [-0.05, 0) is 12.8 Å². The average Bonchev–Trinajstić information content (AvgIpc) is 2.95. The van der Waals surface area contributed by atoms with Crippen LogP contribution in [0.4, 0.5) is 13.2 Å². The summed E-state index contributed by atoms with van der Waals surface area (Å²) < 4.78 is 44.5. The summed E-state index contributed by atoms with van der Waals surface area (Å²) in [4.78, 5) is 3.53. The highest BCUT2D eigenvalue weighted by Crippen LogP contribution is 2.32. The molecule has 0 bridgehead atoms. The Balaban J connectivity index is 2.09. The standard InChI is InChI=1S/C11H9ClF3N3O/c12-9-5-8(11(13,14)15)16-10-4-6(17-18(9)10)7-2-1-3-19-7/h4-5,7H,1-3H2. The molecular formula is C11H9ClF3N3O. The van der Waals surface area contributed by atoms with Gasteiger partial charge in [0.05, 0.1) is 5.69 Å². The Labute approximate surface area is 111 Å². The number of nitrogens with zero attached hydrogens (tertiary/aromatic N) is 3. The summed E-state index contributed by atoms with van der Waals surface area (Å²) in [5.41, 5.74) is -0.389. The quantitative estimate of drug-likeness (QED) is 0.757. The molecule has 0 saturated carbocycles. The van der Waals surface area contributed by atoms with E-state index < -0.39 is 11.9 Å². The molecule has 4 nitrogen and oxygen atoms in total. The van der Waals surface area contributed by atoms with Crippen LogP contribution in [0.3, 0.4) is 0 Å². The van der Waals surface area contributed by atoms with Crippen LogP contribution in [0.2, 0.25) is 5.15 Å². The third kappa shape index (κ3) is 2.28. The Kier molecular flexibility index (Phi) is 2.90. The minimum absolute atomic E-state index is 0.0744. The average molecular weight is 292 g/mol. The second-order valence-corrected chi connectivity index (χ2v) is 4.69. The maximum Gasteiger partial charge on any atom is 0.433 e. The maximum absolute atomic E-state index is 12.6. The molecule has 0 amide bonds. The second kappa shape index (κ2) is 4.35. The Bertz CT molecular complexity index is 619. The van der Waals surface area contributed by atoms with Crippen LogP contribution < -0.4 is 0 Å². The minimum Gasteiger partial charge on any atom is -0.372 e. The van der Waals surface area contributed by atoms with Crippen molar-refractivity contribution in [3.63, 3.8) is 0 Å². The lowest BCUT2D eigenvalue weighted by Gasteiger charge is -2.06. The van der Waals surface area contributed by atoms with Gasteiger partial charge >= 0.3 is 6.18 Å². The van der Waals surface area contributed by atoms with Crippen molar-refractivity contribution in [1.82, 2.24) is 14.6 Å². The SMILES string of the molecule is FC(F)(F)c1cc(Cl)n2nc(C3CCCO3)cc2n1. The van der Waals surface area contributed by atoms with E-state index in [2.05, 4.69) is 10.1 Å². The number of alkyl halides is 3. The monoisotopic (exact) mass is 291 g/mol. The Morgan fingerprint density at radius 2 is 2.16 bits per heavy atom. The summed E-state index contributed by atoms with van der Waals surface area (Å²) in [7, 11) is 0. The molecule has 1 atom stereocenters. The van der Waals surface area contributed by atoms with Crippen LogP contribution in [-0.4, -0.2) is 21.2 Å². The number of halogens is 4. The van der Waals surface area contributed by atoms with E-state index in [9.17, 15) is 13.2 Å². The van der Waals surface area contributed by atoms with E-state index in [1.165, 1.54) is 10.6 Å². The summed E-state index contributed by atoms with van der Waals surface area (Å²) in [5.74, 6) is 0. The molecule has 8 heteroatoms. The second-order valence-electron chi connectivity index (χ2n) is 4.30. The van der Waals surface area contributed by atoms with Crippen LogP contribution in [-0.2, 0) is 10.9 Å². The van der Waals surface area contributed by atoms with Crippen LogP contribution in [0.25, 0.3) is 5.65 Å². The fraction of sp³-hybridized carbons (Fsp3) is 0.455. The molecule has 1 fully saturated rings. The first-order valence-electron chi connectivity index (χ1n) is 5.70. The van der Waals surface area contributed by atoms with Crippen molar-refractivity contribution in [2.45, 2.75) is 25.1 Å². The van der Waals surface area contributed by atoms with Gasteiger partial charge in [0.1, 0.15) is 17.0 Å². The predicted octanol–water partition coefficient (Wildman–Crippen LogP) is 3.25. The van der Waals surface area contributed by atoms with Crippen molar-refractivity contribution >= 4 is 17.2 Å². The topological polar surface area (TPSA) is 39.4 Å². The third-order valence-electron chi connectivity index (χ3n) is 2.95. The molecule has 3 heterocycles. The van der Waals surface area contributed by atoms with Gasteiger partial charge in [-0.15, -0.1) is 0 Å². The zero-order valence-corrected chi connectivity index (χ0v) is 10.4. The molecule has 0 spiro atoms. The third-order valence-corrected chi connectivity index (χ3v) is 3.22. The first-order chi connectivity index (χ1) is 8.95. The largest absolute Gasteiger partial charge is 0.433 e. The number of rotatable bonds is 1. The van der Waals surface area contributed by atoms with Crippen molar-refractivity contribution in [2.75, 3.05) is 6.61 Å². The van der Waals surface area contributed by atoms with E-state index >= 15 is 0 Å². The Hall–Kier alpha value is -1.34. The van der Waals surface area contributed by atoms with E-state index in [-0.39, 0.29) is 16.9 Å². The Morgan fingerprint density at radius 1 is 1.37 bits per heavy atom. The summed E-state index contributed by atoms with van der Waals surface area (Å²) in [6, 6.07) is 2.25. The fourth-order valence-corrected chi connectivity index (χ4v) is 2.30. The van der Waals surface area contributed by atoms with Crippen LogP contribution in [0, 0.1) is 0 Å². The summed E-state index contributed by atoms with van der Waals surface area (Å²) >= 11 is 5.81. The van der Waals surface area contributed by atoms with Crippen molar-refractivity contribution in [1.29, 1.82) is 0 Å². The van der Waals surface area contributed by atoms with Gasteiger partial charge in [-0.25, -0.2) is 9.50 Å². The number of fused-ring (bicyclic) bond motifs is 1. The smallest absolute Gasteiger partial charge is 0.372 e. The molecule has 1 unspecified atom stereocenters. The molecule has 0 radical (unpaired) electrons. The first kappa shape index (κ1) is 12.7. The van der Waals surface area contributed by atoms with E-state index in [1.54, 1.807) is 0 Å². The molecule has 1 saturated heterocycles. The number of ether oxygens (including phenoxy) is 1. The summed E-state index contributed by atoms with van der Waals surface area (Å²) in [6.07, 6.45) is -3.01. The van der Waals surface area contributed by atoms with Gasteiger partial charge < -0.3 is 4.74 Å². The molecule has 1 aliphatic rings. The highest BCUT2D eigenvalue weighted by Gasteiger charge is 2.34. The van der Waals surface area contributed by atoms with Crippen molar-refractivity contribution < 1.29 is 17.9 Å². The molecule has 0 N–H and O–H groups in total. The molecule has 0 aliphatic carbocycles. The van der Waals surface area contributed by atoms with E-state index in [0.29, 0.717) is 12.3 Å².